The molecular formula is C18H28N4O3. The molecule has 3 heterocycles. The number of aliphatic hydroxyl groups is 2. The normalized spacial score (nSPS) is 24.8. The molecule has 7 heteroatoms. The first kappa shape index (κ1) is 17.0. The van der Waals surface area contributed by atoms with Gasteiger partial charge >= 0.3 is 0 Å². The fourth-order valence-corrected chi connectivity index (χ4v) is 4.64. The Bertz CT molecular complexity index is 620. The second-order valence-corrected chi connectivity index (χ2v) is 7.77. The fourth-order valence-electron chi connectivity index (χ4n) is 4.64. The summed E-state index contributed by atoms with van der Waals surface area (Å²) in [6, 6.07) is 0. The van der Waals surface area contributed by atoms with Gasteiger partial charge in [0.05, 0.1) is 30.3 Å². The third-order valence-electron chi connectivity index (χ3n) is 6.34. The Morgan fingerprint density at radius 3 is 2.76 bits per heavy atom. The first-order valence-electron chi connectivity index (χ1n) is 9.49. The number of β-amino-alcohol motifs (C(OH)–C–C–N with tert-alkyl or cyclic N) is 1. The molecule has 3 aliphatic rings. The number of hydrogen-bond acceptors (Lipinski definition) is 5. The number of likely N-dealkylation sites (tertiary alicyclic amines) is 1. The van der Waals surface area contributed by atoms with Gasteiger partial charge in [0.2, 0.25) is 5.91 Å². The second kappa shape index (κ2) is 6.70. The summed E-state index contributed by atoms with van der Waals surface area (Å²) >= 11 is 0. The van der Waals surface area contributed by atoms with Crippen molar-refractivity contribution in [2.75, 3.05) is 32.8 Å². The molecule has 2 aliphatic heterocycles. The van der Waals surface area contributed by atoms with Crippen molar-refractivity contribution in [3.8, 4) is 0 Å². The number of nitrogens with one attached hydrogen (secondary N) is 1. The van der Waals surface area contributed by atoms with E-state index >= 15 is 0 Å². The topological polar surface area (TPSA) is 92.7 Å². The van der Waals surface area contributed by atoms with Crippen molar-refractivity contribution in [3.05, 3.63) is 17.7 Å². The zero-order valence-electron chi connectivity index (χ0n) is 14.7. The van der Waals surface area contributed by atoms with Crippen LogP contribution in [-0.2, 0) is 16.8 Å². The summed E-state index contributed by atoms with van der Waals surface area (Å²) in [5, 5.41) is 18.8. The van der Waals surface area contributed by atoms with Gasteiger partial charge in [0.15, 0.2) is 0 Å². The largest absolute Gasteiger partial charge is 0.394 e. The summed E-state index contributed by atoms with van der Waals surface area (Å²) in [6.07, 6.45) is 6.78. The highest BCUT2D eigenvalue weighted by atomic mass is 16.3. The van der Waals surface area contributed by atoms with Crippen molar-refractivity contribution < 1.29 is 15.0 Å². The standard InChI is InChI=1S/C18H28N4O3/c23-11-14(24)10-21-8-5-18(6-9-21)16-15(19-12-20-16)4-7-22(18)17(25)13-2-1-3-13/h12-14,23-24H,1-11H2,(H,19,20)/t14-/m0/s1. The lowest BCUT2D eigenvalue weighted by Gasteiger charge is -2.52. The number of carbonyl (C=O) groups is 1. The molecule has 0 bridgehead atoms. The van der Waals surface area contributed by atoms with Crippen LogP contribution in [-0.4, -0.2) is 74.8 Å². The molecule has 1 aliphatic carbocycles. The molecule has 3 N–H and O–H groups in total. The number of hydrogen-bond donors (Lipinski definition) is 3. The first-order valence-corrected chi connectivity index (χ1v) is 9.49. The quantitative estimate of drug-likeness (QED) is 0.725. The van der Waals surface area contributed by atoms with Gasteiger partial charge in [-0.15, -0.1) is 0 Å². The maximum atomic E-state index is 13.1. The van der Waals surface area contributed by atoms with E-state index in [0.29, 0.717) is 12.5 Å². The van der Waals surface area contributed by atoms with Gasteiger partial charge in [-0.1, -0.05) is 6.42 Å². The van der Waals surface area contributed by atoms with E-state index in [4.69, 9.17) is 5.11 Å². The van der Waals surface area contributed by atoms with Crippen molar-refractivity contribution in [1.82, 2.24) is 19.8 Å². The van der Waals surface area contributed by atoms with Crippen molar-refractivity contribution in [2.24, 2.45) is 5.92 Å². The van der Waals surface area contributed by atoms with E-state index in [9.17, 15) is 9.90 Å². The van der Waals surface area contributed by atoms with Crippen molar-refractivity contribution in [1.29, 1.82) is 0 Å². The molecule has 0 aromatic carbocycles. The van der Waals surface area contributed by atoms with E-state index in [0.717, 1.165) is 63.9 Å². The van der Waals surface area contributed by atoms with Crippen LogP contribution in [0.25, 0.3) is 0 Å². The smallest absolute Gasteiger partial charge is 0.226 e. The molecule has 1 saturated heterocycles. The van der Waals surface area contributed by atoms with Gasteiger partial charge in [0, 0.05) is 44.2 Å². The third kappa shape index (κ3) is 2.88. The Hall–Kier alpha value is -1.44. The summed E-state index contributed by atoms with van der Waals surface area (Å²) in [5.41, 5.74) is 1.91. The molecule has 4 rings (SSSR count). The zero-order valence-corrected chi connectivity index (χ0v) is 14.7. The van der Waals surface area contributed by atoms with Crippen molar-refractivity contribution in [3.63, 3.8) is 0 Å². The minimum atomic E-state index is -0.700. The number of carbonyl (C=O) groups excluding carboxylic acids is 1. The SMILES string of the molecule is O=C(C1CCC1)N1CCc2[nH]cnc2C12CCN(C[C@H](O)CO)CC2. The Kier molecular flexibility index (Phi) is 4.56. The summed E-state index contributed by atoms with van der Waals surface area (Å²) in [7, 11) is 0. The number of amides is 1. The monoisotopic (exact) mass is 348 g/mol. The molecule has 0 unspecified atom stereocenters. The lowest BCUT2D eigenvalue weighted by molar-refractivity contribution is -0.149. The molecule has 7 nitrogen and oxygen atoms in total. The molecule has 1 spiro atoms. The van der Waals surface area contributed by atoms with E-state index in [1.54, 1.807) is 6.33 Å². The van der Waals surface area contributed by atoms with Gasteiger partial charge in [-0.3, -0.25) is 4.79 Å². The highest BCUT2D eigenvalue weighted by Gasteiger charge is 2.50. The number of aliphatic hydroxyl groups excluding tert-OH is 2. The molecule has 1 atom stereocenters. The average Bonchev–Trinajstić information content (AvgIpc) is 3.05. The number of rotatable bonds is 4. The Balaban J connectivity index is 1.56. The number of aromatic amines is 1. The van der Waals surface area contributed by atoms with E-state index in [2.05, 4.69) is 19.8 Å². The Morgan fingerprint density at radius 1 is 1.36 bits per heavy atom. The first-order chi connectivity index (χ1) is 12.1. The number of piperidine rings is 1. The van der Waals surface area contributed by atoms with Crippen LogP contribution in [0.1, 0.15) is 43.5 Å². The second-order valence-electron chi connectivity index (χ2n) is 7.77. The van der Waals surface area contributed by atoms with Gasteiger partial charge in [-0.25, -0.2) is 4.98 Å². The van der Waals surface area contributed by atoms with E-state index in [1.165, 1.54) is 5.69 Å². The lowest BCUT2D eigenvalue weighted by Crippen LogP contribution is -2.60. The van der Waals surface area contributed by atoms with E-state index < -0.39 is 6.10 Å². The Labute approximate surface area is 148 Å². The molecule has 138 valence electrons. The number of aromatic nitrogens is 2. The Morgan fingerprint density at radius 2 is 2.12 bits per heavy atom. The van der Waals surface area contributed by atoms with Crippen LogP contribution in [0.3, 0.4) is 0 Å². The van der Waals surface area contributed by atoms with Crippen LogP contribution < -0.4 is 0 Å². The van der Waals surface area contributed by atoms with Crippen LogP contribution in [0.5, 0.6) is 0 Å². The molecule has 1 amide bonds. The number of nitrogens with zero attached hydrogens (tertiary/aromatic N) is 3. The van der Waals surface area contributed by atoms with Gasteiger partial charge in [-0.05, 0) is 25.7 Å². The van der Waals surface area contributed by atoms with E-state index in [-0.39, 0.29) is 18.1 Å². The zero-order chi connectivity index (χ0) is 17.4. The number of fused-ring (bicyclic) bond motifs is 2. The third-order valence-corrected chi connectivity index (χ3v) is 6.34. The average molecular weight is 348 g/mol. The fraction of sp³-hybridized carbons (Fsp3) is 0.778. The minimum absolute atomic E-state index is 0.201. The van der Waals surface area contributed by atoms with Crippen molar-refractivity contribution >= 4 is 5.91 Å². The molecule has 1 aromatic heterocycles. The van der Waals surface area contributed by atoms with Crippen LogP contribution >= 0.6 is 0 Å². The maximum Gasteiger partial charge on any atom is 0.226 e. The number of imidazole rings is 1. The molecule has 0 radical (unpaired) electrons. The molecule has 1 aromatic rings. The molecular weight excluding hydrogens is 320 g/mol. The highest BCUT2D eigenvalue weighted by Crippen LogP contribution is 2.44. The van der Waals surface area contributed by atoms with Gasteiger partial charge in [0.1, 0.15) is 0 Å². The lowest BCUT2D eigenvalue weighted by atomic mass is 9.76. The molecule has 2 fully saturated rings. The van der Waals surface area contributed by atoms with Crippen molar-refractivity contribution in [2.45, 2.75) is 50.2 Å². The summed E-state index contributed by atoms with van der Waals surface area (Å²) in [4.78, 5) is 25.3. The maximum absolute atomic E-state index is 13.1. The van der Waals surface area contributed by atoms with Gasteiger partial charge in [-0.2, -0.15) is 0 Å². The van der Waals surface area contributed by atoms with Crippen LogP contribution in [0, 0.1) is 5.92 Å². The highest BCUT2D eigenvalue weighted by molar-refractivity contribution is 5.81. The summed E-state index contributed by atoms with van der Waals surface area (Å²) < 4.78 is 0. The summed E-state index contributed by atoms with van der Waals surface area (Å²) in [6.45, 7) is 2.65. The van der Waals surface area contributed by atoms with Crippen LogP contribution in [0.2, 0.25) is 0 Å². The molecule has 1 saturated carbocycles. The van der Waals surface area contributed by atoms with Gasteiger partial charge < -0.3 is 25.0 Å². The minimum Gasteiger partial charge on any atom is -0.394 e. The van der Waals surface area contributed by atoms with Gasteiger partial charge in [0.25, 0.3) is 0 Å². The molecule has 25 heavy (non-hydrogen) atoms. The predicted octanol–water partition coefficient (Wildman–Crippen LogP) is 0.239. The van der Waals surface area contributed by atoms with Crippen LogP contribution in [0.4, 0.5) is 0 Å². The van der Waals surface area contributed by atoms with E-state index in [1.807, 2.05) is 0 Å². The summed E-state index contributed by atoms with van der Waals surface area (Å²) in [5.74, 6) is 0.510. The number of H-pyrrole nitrogens is 1. The van der Waals surface area contributed by atoms with Crippen LogP contribution in [0.15, 0.2) is 6.33 Å². The predicted molar refractivity (Wildman–Crippen MR) is 91.8 cm³/mol.